The Morgan fingerprint density at radius 2 is 2.20 bits per heavy atom. The van der Waals surface area contributed by atoms with Crippen LogP contribution >= 0.6 is 0 Å². The van der Waals surface area contributed by atoms with Crippen molar-refractivity contribution < 1.29 is 14.3 Å². The van der Waals surface area contributed by atoms with E-state index in [0.29, 0.717) is 5.71 Å². The Morgan fingerprint density at radius 3 is 2.67 bits per heavy atom. The molecule has 5 heteroatoms. The van der Waals surface area contributed by atoms with Crippen molar-refractivity contribution in [2.24, 2.45) is 10.9 Å². The van der Waals surface area contributed by atoms with Gasteiger partial charge in [-0.2, -0.15) is 5.26 Å². The number of nitrogens with zero attached hydrogens (tertiary/aromatic N) is 2. The third-order valence-corrected chi connectivity index (χ3v) is 2.34. The number of carbonyl (C=O) groups is 2. The van der Waals surface area contributed by atoms with Gasteiger partial charge in [0.25, 0.3) is 5.91 Å². The van der Waals surface area contributed by atoms with Crippen molar-refractivity contribution in [3.05, 3.63) is 11.1 Å². The molecule has 0 aromatic rings. The number of nitriles is 1. The molecule has 0 bridgehead atoms. The second-order valence-corrected chi connectivity index (χ2v) is 3.17. The van der Waals surface area contributed by atoms with Gasteiger partial charge in [0.2, 0.25) is 0 Å². The number of rotatable bonds is 1. The van der Waals surface area contributed by atoms with Crippen LogP contribution in [0.4, 0.5) is 0 Å². The molecular weight excluding hydrogens is 196 g/mol. The summed E-state index contributed by atoms with van der Waals surface area (Å²) in [6.45, 7) is 3.34. The summed E-state index contributed by atoms with van der Waals surface area (Å²) in [6, 6.07) is 1.69. The first kappa shape index (κ1) is 11.1. The number of hydrogen-bond donors (Lipinski definition) is 0. The molecule has 1 heterocycles. The number of hydrogen-bond acceptors (Lipinski definition) is 4. The zero-order valence-electron chi connectivity index (χ0n) is 8.70. The van der Waals surface area contributed by atoms with Gasteiger partial charge in [-0.1, -0.05) is 6.92 Å². The standard InChI is InChI=1S/C10H10N2O3/c1-5-6(2)12-9(13)7(4-11)8(5)10(14)15-3/h5H,1-3H3. The van der Waals surface area contributed by atoms with Crippen LogP contribution in [0.25, 0.3) is 0 Å². The lowest BCUT2D eigenvalue weighted by atomic mass is 9.89. The summed E-state index contributed by atoms with van der Waals surface area (Å²) in [7, 11) is 1.21. The van der Waals surface area contributed by atoms with Gasteiger partial charge in [-0.25, -0.2) is 9.79 Å². The zero-order chi connectivity index (χ0) is 11.6. The second kappa shape index (κ2) is 4.05. The molecule has 0 spiro atoms. The highest BCUT2D eigenvalue weighted by Crippen LogP contribution is 2.23. The van der Waals surface area contributed by atoms with Crippen LogP contribution in [0.2, 0.25) is 0 Å². The van der Waals surface area contributed by atoms with Gasteiger partial charge >= 0.3 is 5.97 Å². The molecule has 5 nitrogen and oxygen atoms in total. The van der Waals surface area contributed by atoms with Crippen LogP contribution in [-0.2, 0) is 14.3 Å². The summed E-state index contributed by atoms with van der Waals surface area (Å²) >= 11 is 0. The van der Waals surface area contributed by atoms with Crippen LogP contribution in [0, 0.1) is 17.2 Å². The van der Waals surface area contributed by atoms with Gasteiger partial charge in [0.1, 0.15) is 11.6 Å². The predicted octanol–water partition coefficient (Wildman–Crippen LogP) is 0.617. The normalized spacial score (nSPS) is 20.8. The molecule has 1 rings (SSSR count). The van der Waals surface area contributed by atoms with Gasteiger partial charge in [0.15, 0.2) is 0 Å². The van der Waals surface area contributed by atoms with Crippen LogP contribution in [0.5, 0.6) is 0 Å². The van der Waals surface area contributed by atoms with Crippen molar-refractivity contribution in [2.75, 3.05) is 7.11 Å². The molecular formula is C10H10N2O3. The first-order valence-corrected chi connectivity index (χ1v) is 4.35. The molecule has 1 unspecified atom stereocenters. The van der Waals surface area contributed by atoms with E-state index in [1.54, 1.807) is 19.9 Å². The van der Waals surface area contributed by atoms with Crippen molar-refractivity contribution in [1.82, 2.24) is 0 Å². The molecule has 1 aliphatic heterocycles. The molecule has 1 atom stereocenters. The summed E-state index contributed by atoms with van der Waals surface area (Å²) in [5, 5.41) is 8.77. The van der Waals surface area contributed by atoms with Gasteiger partial charge in [0.05, 0.1) is 12.7 Å². The zero-order valence-corrected chi connectivity index (χ0v) is 8.70. The van der Waals surface area contributed by atoms with Crippen LogP contribution in [0.3, 0.4) is 0 Å². The maximum Gasteiger partial charge on any atom is 0.335 e. The number of carbonyl (C=O) groups excluding carboxylic acids is 2. The Morgan fingerprint density at radius 1 is 1.60 bits per heavy atom. The van der Waals surface area contributed by atoms with Crippen molar-refractivity contribution >= 4 is 17.6 Å². The van der Waals surface area contributed by atoms with Crippen LogP contribution in [-0.4, -0.2) is 24.7 Å². The molecule has 0 aliphatic carbocycles. The molecule has 0 aromatic heterocycles. The topological polar surface area (TPSA) is 79.5 Å². The first-order valence-electron chi connectivity index (χ1n) is 4.35. The fourth-order valence-electron chi connectivity index (χ4n) is 1.35. The Kier molecular flexibility index (Phi) is 3.00. The lowest BCUT2D eigenvalue weighted by Gasteiger charge is -2.18. The van der Waals surface area contributed by atoms with E-state index in [-0.39, 0.29) is 17.1 Å². The molecule has 15 heavy (non-hydrogen) atoms. The number of ether oxygens (including phenoxy) is 1. The first-order chi connectivity index (χ1) is 7.02. The molecule has 0 aromatic carbocycles. The number of methoxy groups -OCH3 is 1. The summed E-state index contributed by atoms with van der Waals surface area (Å²) in [4.78, 5) is 26.4. The third-order valence-electron chi connectivity index (χ3n) is 2.34. The van der Waals surface area contributed by atoms with Crippen LogP contribution < -0.4 is 0 Å². The van der Waals surface area contributed by atoms with Crippen molar-refractivity contribution in [3.63, 3.8) is 0 Å². The minimum atomic E-state index is -0.673. The Bertz CT molecular complexity index is 426. The summed E-state index contributed by atoms with van der Waals surface area (Å²) in [6.07, 6.45) is 0. The lowest BCUT2D eigenvalue weighted by Crippen LogP contribution is -2.26. The van der Waals surface area contributed by atoms with Crippen LogP contribution in [0.1, 0.15) is 13.8 Å². The molecule has 78 valence electrons. The number of esters is 1. The summed E-state index contributed by atoms with van der Waals surface area (Å²) < 4.78 is 4.53. The minimum Gasteiger partial charge on any atom is -0.466 e. The number of aliphatic imine (C=N–C) groups is 1. The average molecular weight is 206 g/mol. The number of dihydropyridines is 1. The SMILES string of the molecule is COC(=O)C1=C(C#N)C(=O)N=C(C)C1C. The van der Waals surface area contributed by atoms with E-state index in [9.17, 15) is 9.59 Å². The summed E-state index contributed by atoms with van der Waals surface area (Å²) in [5.41, 5.74) is 0.386. The smallest absolute Gasteiger partial charge is 0.335 e. The van der Waals surface area contributed by atoms with E-state index in [0.717, 1.165) is 0 Å². The van der Waals surface area contributed by atoms with E-state index in [1.165, 1.54) is 7.11 Å². The Hall–Kier alpha value is -1.96. The maximum absolute atomic E-state index is 11.4. The van der Waals surface area contributed by atoms with Gasteiger partial charge in [-0.05, 0) is 6.92 Å². The van der Waals surface area contributed by atoms with Gasteiger partial charge in [-0.15, -0.1) is 0 Å². The molecule has 0 saturated carbocycles. The van der Waals surface area contributed by atoms with E-state index in [1.807, 2.05) is 0 Å². The quantitative estimate of drug-likeness (QED) is 0.589. The predicted molar refractivity (Wildman–Crippen MR) is 51.9 cm³/mol. The monoisotopic (exact) mass is 206 g/mol. The largest absolute Gasteiger partial charge is 0.466 e. The van der Waals surface area contributed by atoms with Crippen LogP contribution in [0.15, 0.2) is 16.1 Å². The number of amides is 1. The second-order valence-electron chi connectivity index (χ2n) is 3.17. The third kappa shape index (κ3) is 1.79. The van der Waals surface area contributed by atoms with Crippen molar-refractivity contribution in [3.8, 4) is 6.07 Å². The van der Waals surface area contributed by atoms with Crippen molar-refractivity contribution in [2.45, 2.75) is 13.8 Å². The highest BCUT2D eigenvalue weighted by Gasteiger charge is 2.31. The van der Waals surface area contributed by atoms with Gasteiger partial charge < -0.3 is 4.74 Å². The minimum absolute atomic E-state index is 0.0949. The van der Waals surface area contributed by atoms with Crippen molar-refractivity contribution in [1.29, 1.82) is 5.26 Å². The highest BCUT2D eigenvalue weighted by molar-refractivity contribution is 6.16. The molecule has 0 N–H and O–H groups in total. The fourth-order valence-corrected chi connectivity index (χ4v) is 1.35. The lowest BCUT2D eigenvalue weighted by molar-refractivity contribution is -0.136. The molecule has 0 saturated heterocycles. The average Bonchev–Trinajstić information content (AvgIpc) is 2.21. The molecule has 1 amide bonds. The highest BCUT2D eigenvalue weighted by atomic mass is 16.5. The molecule has 1 aliphatic rings. The van der Waals surface area contributed by atoms with E-state index >= 15 is 0 Å². The molecule has 0 fully saturated rings. The molecule has 0 radical (unpaired) electrons. The van der Waals surface area contributed by atoms with E-state index in [4.69, 9.17) is 5.26 Å². The van der Waals surface area contributed by atoms with Gasteiger partial charge in [0, 0.05) is 11.6 Å². The Labute approximate surface area is 87.1 Å². The Balaban J connectivity index is 3.32. The maximum atomic E-state index is 11.4. The fraction of sp³-hybridized carbons (Fsp3) is 0.400. The summed E-state index contributed by atoms with van der Waals surface area (Å²) in [5.74, 6) is -1.68. The van der Waals surface area contributed by atoms with E-state index < -0.39 is 11.9 Å². The van der Waals surface area contributed by atoms with E-state index in [2.05, 4.69) is 9.73 Å². The van der Waals surface area contributed by atoms with Gasteiger partial charge in [-0.3, -0.25) is 4.79 Å².